The Bertz CT molecular complexity index is 899. The van der Waals surface area contributed by atoms with Crippen LogP contribution in [0.2, 0.25) is 0 Å². The molecule has 1 aromatic carbocycles. The number of thiophene rings is 1. The Balaban J connectivity index is 1.27. The lowest BCUT2D eigenvalue weighted by Gasteiger charge is -2.34. The third-order valence-corrected chi connectivity index (χ3v) is 5.66. The van der Waals surface area contributed by atoms with Crippen LogP contribution in [0.25, 0.3) is 10.7 Å². The van der Waals surface area contributed by atoms with Crippen LogP contribution in [0.4, 0.5) is 11.4 Å². The Hall–Kier alpha value is -2.71. The van der Waals surface area contributed by atoms with Crippen molar-refractivity contribution < 1.29 is 9.32 Å². The number of rotatable bonds is 6. The topological polar surface area (TPSA) is 74.5 Å². The molecule has 0 aliphatic carbocycles. The zero-order valence-corrected chi connectivity index (χ0v) is 16.6. The molecule has 7 nitrogen and oxygen atoms in total. The van der Waals surface area contributed by atoms with E-state index >= 15 is 0 Å². The van der Waals surface area contributed by atoms with Gasteiger partial charge in [0.2, 0.25) is 17.6 Å². The number of anilines is 2. The van der Waals surface area contributed by atoms with Crippen LogP contribution >= 0.6 is 11.3 Å². The van der Waals surface area contributed by atoms with Crippen LogP contribution in [0, 0.1) is 0 Å². The highest BCUT2D eigenvalue weighted by molar-refractivity contribution is 7.13. The molecule has 0 unspecified atom stereocenters. The van der Waals surface area contributed by atoms with Crippen LogP contribution in [0.5, 0.6) is 0 Å². The van der Waals surface area contributed by atoms with Crippen molar-refractivity contribution in [1.82, 2.24) is 15.0 Å². The number of carbonyl (C=O) groups excluding carboxylic acids is 1. The van der Waals surface area contributed by atoms with Crippen LogP contribution in [0.15, 0.2) is 46.3 Å². The summed E-state index contributed by atoms with van der Waals surface area (Å²) in [6.45, 7) is 4.20. The highest BCUT2D eigenvalue weighted by Gasteiger charge is 2.15. The normalized spacial score (nSPS) is 15.0. The molecular weight excluding hydrogens is 374 g/mol. The maximum atomic E-state index is 12.2. The monoisotopic (exact) mass is 397 g/mol. The third kappa shape index (κ3) is 4.58. The van der Waals surface area contributed by atoms with Gasteiger partial charge in [0.1, 0.15) is 0 Å². The number of benzene rings is 1. The number of hydrogen-bond donors (Lipinski definition) is 1. The SMILES string of the molecule is CN1CCN(c2ccc(NC(=O)CCc3nc(-c4cccs4)no3)cc2)CC1. The van der Waals surface area contributed by atoms with Crippen molar-refractivity contribution in [2.24, 2.45) is 0 Å². The van der Waals surface area contributed by atoms with Gasteiger partial charge in [0.25, 0.3) is 0 Å². The van der Waals surface area contributed by atoms with Gasteiger partial charge in [-0.3, -0.25) is 4.79 Å². The highest BCUT2D eigenvalue weighted by Crippen LogP contribution is 2.22. The van der Waals surface area contributed by atoms with Gasteiger partial charge < -0.3 is 19.6 Å². The number of piperazine rings is 1. The molecule has 3 aromatic rings. The van der Waals surface area contributed by atoms with Crippen LogP contribution in [0.1, 0.15) is 12.3 Å². The molecule has 1 fully saturated rings. The van der Waals surface area contributed by atoms with E-state index in [2.05, 4.69) is 44.4 Å². The van der Waals surface area contributed by atoms with E-state index in [1.807, 2.05) is 29.6 Å². The lowest BCUT2D eigenvalue weighted by atomic mass is 10.2. The zero-order chi connectivity index (χ0) is 19.3. The Morgan fingerprint density at radius 3 is 2.68 bits per heavy atom. The Morgan fingerprint density at radius 2 is 1.96 bits per heavy atom. The number of amides is 1. The summed E-state index contributed by atoms with van der Waals surface area (Å²) in [4.78, 5) is 22.2. The van der Waals surface area contributed by atoms with Gasteiger partial charge >= 0.3 is 0 Å². The molecule has 1 aliphatic heterocycles. The molecule has 2 aromatic heterocycles. The number of aromatic nitrogens is 2. The zero-order valence-electron chi connectivity index (χ0n) is 15.8. The third-order valence-electron chi connectivity index (χ3n) is 4.80. The fourth-order valence-corrected chi connectivity index (χ4v) is 3.78. The first-order valence-electron chi connectivity index (χ1n) is 9.37. The summed E-state index contributed by atoms with van der Waals surface area (Å²) in [5, 5.41) is 8.86. The molecule has 8 heteroatoms. The quantitative estimate of drug-likeness (QED) is 0.689. The van der Waals surface area contributed by atoms with E-state index in [1.165, 1.54) is 5.69 Å². The summed E-state index contributed by atoms with van der Waals surface area (Å²) in [5.74, 6) is 0.983. The Labute approximate surface area is 168 Å². The fraction of sp³-hybridized carbons (Fsp3) is 0.350. The van der Waals surface area contributed by atoms with Crippen molar-refractivity contribution in [1.29, 1.82) is 0 Å². The van der Waals surface area contributed by atoms with E-state index in [0.29, 0.717) is 24.6 Å². The van der Waals surface area contributed by atoms with Crippen LogP contribution < -0.4 is 10.2 Å². The van der Waals surface area contributed by atoms with E-state index in [-0.39, 0.29) is 5.91 Å². The minimum absolute atomic E-state index is 0.0665. The average molecular weight is 398 g/mol. The molecule has 4 rings (SSSR count). The molecule has 28 heavy (non-hydrogen) atoms. The van der Waals surface area contributed by atoms with Gasteiger partial charge in [-0.05, 0) is 42.8 Å². The van der Waals surface area contributed by atoms with Crippen molar-refractivity contribution in [3.63, 3.8) is 0 Å². The van der Waals surface area contributed by atoms with Gasteiger partial charge in [-0.15, -0.1) is 11.3 Å². The molecule has 1 amide bonds. The van der Waals surface area contributed by atoms with Gasteiger partial charge in [0.05, 0.1) is 4.88 Å². The summed E-state index contributed by atoms with van der Waals surface area (Å²) < 4.78 is 5.24. The van der Waals surface area contributed by atoms with E-state index in [1.54, 1.807) is 11.3 Å². The largest absolute Gasteiger partial charge is 0.369 e. The molecular formula is C20H23N5O2S. The lowest BCUT2D eigenvalue weighted by molar-refractivity contribution is -0.116. The van der Waals surface area contributed by atoms with Crippen molar-refractivity contribution >= 4 is 28.6 Å². The van der Waals surface area contributed by atoms with E-state index < -0.39 is 0 Å². The van der Waals surface area contributed by atoms with Gasteiger partial charge in [-0.25, -0.2) is 0 Å². The first kappa shape index (κ1) is 18.6. The summed E-state index contributed by atoms with van der Waals surface area (Å²) in [5.41, 5.74) is 1.99. The Morgan fingerprint density at radius 1 is 1.18 bits per heavy atom. The second kappa shape index (κ2) is 8.53. The predicted molar refractivity (Wildman–Crippen MR) is 111 cm³/mol. The van der Waals surface area contributed by atoms with E-state index in [9.17, 15) is 4.79 Å². The predicted octanol–water partition coefficient (Wildman–Crippen LogP) is 3.12. The summed E-state index contributed by atoms with van der Waals surface area (Å²) in [7, 11) is 2.15. The van der Waals surface area contributed by atoms with Gasteiger partial charge in [0.15, 0.2) is 0 Å². The first-order chi connectivity index (χ1) is 13.7. The number of nitrogens with one attached hydrogen (secondary N) is 1. The van der Waals surface area contributed by atoms with Crippen LogP contribution in [-0.4, -0.2) is 54.2 Å². The fourth-order valence-electron chi connectivity index (χ4n) is 3.13. The van der Waals surface area contributed by atoms with Gasteiger partial charge in [0, 0.05) is 50.4 Å². The van der Waals surface area contributed by atoms with Crippen molar-refractivity contribution in [2.75, 3.05) is 43.4 Å². The van der Waals surface area contributed by atoms with Crippen molar-refractivity contribution in [2.45, 2.75) is 12.8 Å². The molecule has 3 heterocycles. The molecule has 146 valence electrons. The molecule has 0 spiro atoms. The minimum atomic E-state index is -0.0665. The van der Waals surface area contributed by atoms with Gasteiger partial charge in [-0.2, -0.15) is 4.98 Å². The standard InChI is InChI=1S/C20H23N5O2S/c1-24-10-12-25(13-11-24)16-6-4-15(5-7-16)21-18(26)8-9-19-22-20(23-27-19)17-3-2-14-28-17/h2-7,14H,8-13H2,1H3,(H,21,26). The maximum absolute atomic E-state index is 12.2. The molecule has 1 N–H and O–H groups in total. The number of hydrogen-bond acceptors (Lipinski definition) is 7. The summed E-state index contributed by atoms with van der Waals surface area (Å²) >= 11 is 1.56. The van der Waals surface area contributed by atoms with Crippen LogP contribution in [-0.2, 0) is 11.2 Å². The molecule has 1 aliphatic rings. The average Bonchev–Trinajstić information content (AvgIpc) is 3.39. The number of nitrogens with zero attached hydrogens (tertiary/aromatic N) is 4. The molecule has 0 bridgehead atoms. The lowest BCUT2D eigenvalue weighted by Crippen LogP contribution is -2.44. The smallest absolute Gasteiger partial charge is 0.227 e. The summed E-state index contributed by atoms with van der Waals surface area (Å²) in [6, 6.07) is 11.9. The summed E-state index contributed by atoms with van der Waals surface area (Å²) in [6.07, 6.45) is 0.718. The molecule has 0 saturated carbocycles. The second-order valence-corrected chi connectivity index (χ2v) is 7.82. The van der Waals surface area contributed by atoms with Crippen LogP contribution in [0.3, 0.4) is 0 Å². The minimum Gasteiger partial charge on any atom is -0.369 e. The number of carbonyl (C=O) groups is 1. The molecule has 0 radical (unpaired) electrons. The second-order valence-electron chi connectivity index (χ2n) is 6.87. The number of aryl methyl sites for hydroxylation is 1. The number of likely N-dealkylation sites (N-methyl/N-ethyl adjacent to an activating group) is 1. The first-order valence-corrected chi connectivity index (χ1v) is 10.3. The highest BCUT2D eigenvalue weighted by atomic mass is 32.1. The molecule has 1 saturated heterocycles. The maximum Gasteiger partial charge on any atom is 0.227 e. The van der Waals surface area contributed by atoms with Gasteiger partial charge in [-0.1, -0.05) is 11.2 Å². The van der Waals surface area contributed by atoms with E-state index in [0.717, 1.165) is 36.7 Å². The van der Waals surface area contributed by atoms with Crippen molar-refractivity contribution in [3.05, 3.63) is 47.7 Å². The van der Waals surface area contributed by atoms with E-state index in [4.69, 9.17) is 4.52 Å². The molecule has 0 atom stereocenters. The van der Waals surface area contributed by atoms with Crippen molar-refractivity contribution in [3.8, 4) is 10.7 Å². The Kier molecular flexibility index (Phi) is 5.68.